The van der Waals surface area contributed by atoms with Crippen molar-refractivity contribution in [2.24, 2.45) is 0 Å². The Balaban J connectivity index is 2.14. The van der Waals surface area contributed by atoms with Crippen LogP contribution < -0.4 is 9.47 Å². The molecule has 1 aromatic carbocycles. The zero-order valence-corrected chi connectivity index (χ0v) is 10.6. The van der Waals surface area contributed by atoms with Gasteiger partial charge in [0, 0.05) is 6.07 Å². The Morgan fingerprint density at radius 1 is 1.15 bits per heavy atom. The van der Waals surface area contributed by atoms with E-state index in [0.717, 1.165) is 18.2 Å². The Hall–Kier alpha value is -2.68. The molecule has 0 fully saturated rings. The molecule has 6 heteroatoms. The fraction of sp³-hybridized carbons (Fsp3) is 0.143. The van der Waals surface area contributed by atoms with Gasteiger partial charge in [-0.2, -0.15) is 0 Å². The molecule has 0 unspecified atom stereocenters. The van der Waals surface area contributed by atoms with Crippen molar-refractivity contribution in [3.63, 3.8) is 0 Å². The molecule has 1 aromatic heterocycles. The topological polar surface area (TPSA) is 44.2 Å². The van der Waals surface area contributed by atoms with E-state index in [1.165, 1.54) is 12.4 Å². The third-order valence-corrected chi connectivity index (χ3v) is 2.19. The van der Waals surface area contributed by atoms with E-state index in [4.69, 9.17) is 9.47 Å². The van der Waals surface area contributed by atoms with Gasteiger partial charge in [-0.15, -0.1) is 5.92 Å². The largest absolute Gasteiger partial charge is 0.464 e. The maximum atomic E-state index is 13.4. The molecule has 0 saturated heterocycles. The molecule has 0 N–H and O–H groups in total. The third kappa shape index (κ3) is 3.65. The quantitative estimate of drug-likeness (QED) is 0.805. The van der Waals surface area contributed by atoms with Crippen molar-refractivity contribution < 1.29 is 18.3 Å². The summed E-state index contributed by atoms with van der Waals surface area (Å²) in [5, 5.41) is 0. The highest BCUT2D eigenvalue weighted by Crippen LogP contribution is 2.25. The van der Waals surface area contributed by atoms with E-state index in [-0.39, 0.29) is 24.1 Å². The first-order chi connectivity index (χ1) is 9.69. The number of rotatable bonds is 4. The second kappa shape index (κ2) is 6.48. The first-order valence-electron chi connectivity index (χ1n) is 5.66. The van der Waals surface area contributed by atoms with Crippen molar-refractivity contribution in [3.8, 4) is 29.4 Å². The number of ether oxygens (including phenoxy) is 2. The zero-order chi connectivity index (χ0) is 14.4. The maximum Gasteiger partial charge on any atom is 0.226 e. The summed E-state index contributed by atoms with van der Waals surface area (Å²) in [6.45, 7) is 1.85. The van der Waals surface area contributed by atoms with Gasteiger partial charge in [0.1, 0.15) is 12.1 Å². The molecule has 0 aliphatic rings. The highest BCUT2D eigenvalue weighted by Gasteiger charge is 2.08. The molecule has 2 aromatic rings. The van der Waals surface area contributed by atoms with E-state index < -0.39 is 11.6 Å². The lowest BCUT2D eigenvalue weighted by atomic mass is 10.3. The van der Waals surface area contributed by atoms with Crippen molar-refractivity contribution in [1.29, 1.82) is 0 Å². The first-order valence-corrected chi connectivity index (χ1v) is 5.66. The fourth-order valence-corrected chi connectivity index (χ4v) is 1.31. The van der Waals surface area contributed by atoms with Gasteiger partial charge < -0.3 is 9.47 Å². The SMILES string of the molecule is CC#CCOc1cc(Oc2cc(F)ccc2F)ncn1. The molecular weight excluding hydrogens is 266 g/mol. The Morgan fingerprint density at radius 3 is 2.75 bits per heavy atom. The molecule has 20 heavy (non-hydrogen) atoms. The van der Waals surface area contributed by atoms with Gasteiger partial charge in [-0.1, -0.05) is 5.92 Å². The highest BCUT2D eigenvalue weighted by molar-refractivity contribution is 5.30. The lowest BCUT2D eigenvalue weighted by Gasteiger charge is -2.07. The molecule has 0 saturated carbocycles. The number of benzene rings is 1. The van der Waals surface area contributed by atoms with Gasteiger partial charge in [0.15, 0.2) is 18.2 Å². The monoisotopic (exact) mass is 276 g/mol. The molecular formula is C14H10F2N2O2. The van der Waals surface area contributed by atoms with Crippen molar-refractivity contribution in [3.05, 3.63) is 42.2 Å². The Labute approximate surface area is 114 Å². The predicted octanol–water partition coefficient (Wildman–Crippen LogP) is 2.95. The Bertz CT molecular complexity index is 666. The summed E-state index contributed by atoms with van der Waals surface area (Å²) in [4.78, 5) is 7.64. The summed E-state index contributed by atoms with van der Waals surface area (Å²) in [5.41, 5.74) is 0. The molecule has 4 nitrogen and oxygen atoms in total. The number of halogens is 2. The summed E-state index contributed by atoms with van der Waals surface area (Å²) in [7, 11) is 0. The van der Waals surface area contributed by atoms with Crippen LogP contribution in [-0.2, 0) is 0 Å². The van der Waals surface area contributed by atoms with Gasteiger partial charge in [-0.3, -0.25) is 0 Å². The Kier molecular flexibility index (Phi) is 4.45. The summed E-state index contributed by atoms with van der Waals surface area (Å²) < 4.78 is 36.8. The molecule has 0 bridgehead atoms. The van der Waals surface area contributed by atoms with E-state index in [2.05, 4.69) is 21.8 Å². The number of nitrogens with zero attached hydrogens (tertiary/aromatic N) is 2. The van der Waals surface area contributed by atoms with E-state index >= 15 is 0 Å². The molecule has 0 aliphatic carbocycles. The Morgan fingerprint density at radius 2 is 1.95 bits per heavy atom. The molecule has 0 spiro atoms. The lowest BCUT2D eigenvalue weighted by Crippen LogP contribution is -1.98. The van der Waals surface area contributed by atoms with Gasteiger partial charge in [0.05, 0.1) is 6.07 Å². The standard InChI is InChI=1S/C14H10F2N2O2/c1-2-3-6-19-13-8-14(18-9-17-13)20-12-7-10(15)4-5-11(12)16/h4-5,7-9H,6H2,1H3. The normalized spacial score (nSPS) is 9.55. The summed E-state index contributed by atoms with van der Waals surface area (Å²) in [5.74, 6) is 4.08. The van der Waals surface area contributed by atoms with Crippen molar-refractivity contribution in [1.82, 2.24) is 9.97 Å². The minimum atomic E-state index is -0.690. The zero-order valence-electron chi connectivity index (χ0n) is 10.6. The van der Waals surface area contributed by atoms with Gasteiger partial charge in [-0.25, -0.2) is 18.7 Å². The molecule has 2 rings (SSSR count). The van der Waals surface area contributed by atoms with Crippen LogP contribution in [0.2, 0.25) is 0 Å². The number of hydrogen-bond acceptors (Lipinski definition) is 4. The van der Waals surface area contributed by atoms with Crippen LogP contribution in [-0.4, -0.2) is 16.6 Å². The van der Waals surface area contributed by atoms with Gasteiger partial charge in [0.2, 0.25) is 11.8 Å². The smallest absolute Gasteiger partial charge is 0.226 e. The summed E-state index contributed by atoms with van der Waals surface area (Å²) in [6, 6.07) is 4.27. The van der Waals surface area contributed by atoms with Gasteiger partial charge in [0.25, 0.3) is 0 Å². The average molecular weight is 276 g/mol. The van der Waals surface area contributed by atoms with Gasteiger partial charge in [-0.05, 0) is 19.1 Å². The minimum absolute atomic E-state index is 0.0453. The van der Waals surface area contributed by atoms with Crippen molar-refractivity contribution in [2.45, 2.75) is 6.92 Å². The minimum Gasteiger partial charge on any atom is -0.464 e. The molecule has 0 atom stereocenters. The summed E-state index contributed by atoms with van der Waals surface area (Å²) in [6.07, 6.45) is 1.20. The van der Waals surface area contributed by atoms with Crippen molar-refractivity contribution >= 4 is 0 Å². The lowest BCUT2D eigenvalue weighted by molar-refractivity contribution is 0.348. The predicted molar refractivity (Wildman–Crippen MR) is 67.4 cm³/mol. The average Bonchev–Trinajstić information content (AvgIpc) is 2.44. The van der Waals surface area contributed by atoms with Gasteiger partial charge >= 0.3 is 0 Å². The number of hydrogen-bond donors (Lipinski definition) is 0. The summed E-state index contributed by atoms with van der Waals surface area (Å²) >= 11 is 0. The van der Waals surface area contributed by atoms with Crippen LogP contribution in [0.1, 0.15) is 6.92 Å². The first kappa shape index (κ1) is 13.7. The molecule has 0 aliphatic heterocycles. The van der Waals surface area contributed by atoms with Crippen LogP contribution in [0.15, 0.2) is 30.6 Å². The molecule has 0 radical (unpaired) electrons. The second-order valence-corrected chi connectivity index (χ2v) is 3.59. The fourth-order valence-electron chi connectivity index (χ4n) is 1.31. The van der Waals surface area contributed by atoms with E-state index in [9.17, 15) is 8.78 Å². The van der Waals surface area contributed by atoms with Crippen LogP contribution in [0.4, 0.5) is 8.78 Å². The maximum absolute atomic E-state index is 13.4. The van der Waals surface area contributed by atoms with Crippen LogP contribution in [0.3, 0.4) is 0 Å². The van der Waals surface area contributed by atoms with Crippen LogP contribution in [0.25, 0.3) is 0 Å². The molecule has 1 heterocycles. The van der Waals surface area contributed by atoms with Crippen LogP contribution >= 0.6 is 0 Å². The molecule has 102 valence electrons. The van der Waals surface area contributed by atoms with Crippen LogP contribution in [0, 0.1) is 23.5 Å². The third-order valence-electron chi connectivity index (χ3n) is 2.19. The highest BCUT2D eigenvalue weighted by atomic mass is 19.1. The van der Waals surface area contributed by atoms with Crippen molar-refractivity contribution in [2.75, 3.05) is 6.61 Å². The van der Waals surface area contributed by atoms with Crippen LogP contribution in [0.5, 0.6) is 17.5 Å². The van der Waals surface area contributed by atoms with E-state index in [0.29, 0.717) is 0 Å². The van der Waals surface area contributed by atoms with E-state index in [1.807, 2.05) is 0 Å². The van der Waals surface area contributed by atoms with E-state index in [1.54, 1.807) is 6.92 Å². The molecule has 0 amide bonds. The second-order valence-electron chi connectivity index (χ2n) is 3.59. The number of aromatic nitrogens is 2.